The third-order valence-corrected chi connectivity index (χ3v) is 4.96. The van der Waals surface area contributed by atoms with Crippen LogP contribution in [0.5, 0.6) is 11.5 Å². The molecule has 0 bridgehead atoms. The van der Waals surface area contributed by atoms with Crippen LogP contribution in [0.15, 0.2) is 23.0 Å². The molecule has 2 aliphatic rings. The number of nitrogens with zero attached hydrogens (tertiary/aromatic N) is 1. The van der Waals surface area contributed by atoms with E-state index in [1.165, 1.54) is 5.56 Å². The Hall–Kier alpha value is -2.31. The number of methoxy groups -OCH3 is 2. The Morgan fingerprint density at radius 1 is 0.897 bits per heavy atom. The minimum Gasteiger partial charge on any atom is -0.496 e. The van der Waals surface area contributed by atoms with E-state index in [-0.39, 0.29) is 5.56 Å². The van der Waals surface area contributed by atoms with E-state index in [9.17, 15) is 4.79 Å². The monoisotopic (exact) mass is 403 g/mol. The van der Waals surface area contributed by atoms with Crippen LogP contribution in [0, 0.1) is 13.8 Å². The van der Waals surface area contributed by atoms with Crippen molar-refractivity contribution in [2.75, 3.05) is 40.6 Å². The van der Waals surface area contributed by atoms with Gasteiger partial charge in [-0.1, -0.05) is 13.8 Å². The third-order valence-electron chi connectivity index (χ3n) is 4.96. The maximum atomic E-state index is 12.3. The lowest BCUT2D eigenvalue weighted by atomic mass is 9.92. The van der Waals surface area contributed by atoms with E-state index in [0.717, 1.165) is 61.0 Å². The SMILES string of the molecule is C1COCCO1.CC.COc1cc2c(cc1C)-c1c(C)c(OC)cc(=O)n1CC2. The number of pyridine rings is 1. The van der Waals surface area contributed by atoms with Gasteiger partial charge in [0.1, 0.15) is 11.5 Å². The van der Waals surface area contributed by atoms with Crippen molar-refractivity contribution in [3.8, 4) is 22.8 Å². The van der Waals surface area contributed by atoms with Crippen LogP contribution in [0.4, 0.5) is 0 Å². The van der Waals surface area contributed by atoms with Gasteiger partial charge in [-0.3, -0.25) is 4.79 Å². The first-order valence-electron chi connectivity index (χ1n) is 10.2. The maximum absolute atomic E-state index is 12.3. The average molecular weight is 404 g/mol. The highest BCUT2D eigenvalue weighted by atomic mass is 16.6. The smallest absolute Gasteiger partial charge is 0.254 e. The minimum absolute atomic E-state index is 0.00780. The van der Waals surface area contributed by atoms with Crippen molar-refractivity contribution in [2.24, 2.45) is 0 Å². The summed E-state index contributed by atoms with van der Waals surface area (Å²) in [6.07, 6.45) is 0.838. The molecule has 0 N–H and O–H groups in total. The van der Waals surface area contributed by atoms with Crippen molar-refractivity contribution in [3.05, 3.63) is 45.2 Å². The van der Waals surface area contributed by atoms with E-state index in [1.807, 2.05) is 32.3 Å². The fraction of sp³-hybridized carbons (Fsp3) is 0.522. The molecule has 1 aromatic carbocycles. The summed E-state index contributed by atoms with van der Waals surface area (Å²) in [6.45, 7) is 11.8. The molecule has 0 aliphatic carbocycles. The summed E-state index contributed by atoms with van der Waals surface area (Å²) in [5.74, 6) is 1.54. The number of aromatic nitrogens is 1. The van der Waals surface area contributed by atoms with Crippen LogP contribution in [0.2, 0.25) is 0 Å². The highest BCUT2D eigenvalue weighted by Crippen LogP contribution is 2.37. The molecule has 1 saturated heterocycles. The number of benzene rings is 1. The molecule has 1 fully saturated rings. The number of ether oxygens (including phenoxy) is 4. The van der Waals surface area contributed by atoms with Crippen LogP contribution >= 0.6 is 0 Å². The van der Waals surface area contributed by atoms with Crippen molar-refractivity contribution in [1.29, 1.82) is 0 Å². The molecule has 29 heavy (non-hydrogen) atoms. The first kappa shape index (κ1) is 23.0. The zero-order chi connectivity index (χ0) is 21.4. The second kappa shape index (κ2) is 11.0. The molecular weight excluding hydrogens is 370 g/mol. The van der Waals surface area contributed by atoms with Gasteiger partial charge in [-0.15, -0.1) is 0 Å². The van der Waals surface area contributed by atoms with Gasteiger partial charge in [0.15, 0.2) is 0 Å². The van der Waals surface area contributed by atoms with E-state index in [0.29, 0.717) is 12.3 Å². The summed E-state index contributed by atoms with van der Waals surface area (Å²) in [7, 11) is 3.28. The molecule has 3 heterocycles. The van der Waals surface area contributed by atoms with Crippen LogP contribution in [0.3, 0.4) is 0 Å². The Morgan fingerprint density at radius 3 is 2.00 bits per heavy atom. The second-order valence-electron chi connectivity index (χ2n) is 6.63. The van der Waals surface area contributed by atoms with Crippen LogP contribution in [-0.2, 0) is 22.4 Å². The van der Waals surface area contributed by atoms with Crippen molar-refractivity contribution in [2.45, 2.75) is 40.7 Å². The summed E-state index contributed by atoms with van der Waals surface area (Å²) >= 11 is 0. The van der Waals surface area contributed by atoms with E-state index in [2.05, 4.69) is 12.1 Å². The Kier molecular flexibility index (Phi) is 8.73. The predicted octanol–water partition coefficient (Wildman–Crippen LogP) is 3.76. The fourth-order valence-corrected chi connectivity index (χ4v) is 3.56. The first-order valence-corrected chi connectivity index (χ1v) is 10.2. The maximum Gasteiger partial charge on any atom is 0.254 e. The molecule has 0 saturated carbocycles. The third kappa shape index (κ3) is 5.19. The van der Waals surface area contributed by atoms with Gasteiger partial charge >= 0.3 is 0 Å². The highest BCUT2D eigenvalue weighted by Gasteiger charge is 2.22. The zero-order valence-corrected chi connectivity index (χ0v) is 18.5. The molecule has 0 atom stereocenters. The lowest BCUT2D eigenvalue weighted by Crippen LogP contribution is -2.26. The van der Waals surface area contributed by atoms with Crippen LogP contribution in [-0.4, -0.2) is 45.2 Å². The summed E-state index contributed by atoms with van der Waals surface area (Å²) in [5, 5.41) is 0. The van der Waals surface area contributed by atoms with Gasteiger partial charge < -0.3 is 23.5 Å². The standard InChI is InChI=1S/C17H19NO3.C4H8O2.C2H6/c1-10-7-13-12(8-14(10)20-3)5-6-18-16(19)9-15(21-4)11(2)17(13)18;1-2-6-4-3-5-1;1-2/h7-9H,5-6H2,1-4H3;1-4H2;1-2H3. The molecule has 2 aliphatic heterocycles. The van der Waals surface area contributed by atoms with Crippen LogP contribution < -0.4 is 15.0 Å². The summed E-state index contributed by atoms with van der Waals surface area (Å²) in [6, 6.07) is 5.75. The Labute approximate surface area is 173 Å². The quantitative estimate of drug-likeness (QED) is 0.764. The molecule has 2 aromatic rings. The molecule has 6 heteroatoms. The van der Waals surface area contributed by atoms with Gasteiger partial charge in [0.2, 0.25) is 0 Å². The van der Waals surface area contributed by atoms with Gasteiger partial charge in [-0.2, -0.15) is 0 Å². The molecule has 0 amide bonds. The highest BCUT2D eigenvalue weighted by molar-refractivity contribution is 5.73. The second-order valence-corrected chi connectivity index (χ2v) is 6.63. The summed E-state index contributed by atoms with van der Waals surface area (Å²) < 4.78 is 22.5. The normalized spacial score (nSPS) is 14.3. The molecule has 160 valence electrons. The van der Waals surface area contributed by atoms with Gasteiger partial charge in [0.25, 0.3) is 5.56 Å². The molecule has 0 radical (unpaired) electrons. The molecule has 6 nitrogen and oxygen atoms in total. The Balaban J connectivity index is 0.000000317. The lowest BCUT2D eigenvalue weighted by molar-refractivity contribution is -0.0334. The van der Waals surface area contributed by atoms with Gasteiger partial charge in [0, 0.05) is 23.7 Å². The van der Waals surface area contributed by atoms with Gasteiger partial charge in [0.05, 0.1) is 46.3 Å². The van der Waals surface area contributed by atoms with Crippen LogP contribution in [0.1, 0.15) is 30.5 Å². The predicted molar refractivity (Wildman–Crippen MR) is 115 cm³/mol. The van der Waals surface area contributed by atoms with E-state index in [1.54, 1.807) is 20.3 Å². The Morgan fingerprint density at radius 2 is 1.48 bits per heavy atom. The van der Waals surface area contributed by atoms with Crippen molar-refractivity contribution >= 4 is 0 Å². The van der Waals surface area contributed by atoms with Crippen molar-refractivity contribution in [3.63, 3.8) is 0 Å². The first-order chi connectivity index (χ1) is 14.1. The number of hydrogen-bond donors (Lipinski definition) is 0. The van der Waals surface area contributed by atoms with Gasteiger partial charge in [-0.25, -0.2) is 0 Å². The number of hydrogen-bond acceptors (Lipinski definition) is 5. The molecular formula is C23H33NO5. The lowest BCUT2D eigenvalue weighted by Gasteiger charge is -2.25. The zero-order valence-electron chi connectivity index (χ0n) is 18.5. The van der Waals surface area contributed by atoms with E-state index >= 15 is 0 Å². The summed E-state index contributed by atoms with van der Waals surface area (Å²) in [4.78, 5) is 12.3. The molecule has 1 aromatic heterocycles. The largest absolute Gasteiger partial charge is 0.496 e. The molecule has 4 rings (SSSR count). The molecule has 0 unspecified atom stereocenters. The fourth-order valence-electron chi connectivity index (χ4n) is 3.56. The number of rotatable bonds is 2. The number of fused-ring (bicyclic) bond motifs is 3. The average Bonchev–Trinajstić information content (AvgIpc) is 2.78. The topological polar surface area (TPSA) is 58.9 Å². The van der Waals surface area contributed by atoms with E-state index < -0.39 is 0 Å². The number of aryl methyl sites for hydroxylation is 2. The summed E-state index contributed by atoms with van der Waals surface area (Å²) in [5.41, 5.74) is 5.35. The van der Waals surface area contributed by atoms with Gasteiger partial charge in [-0.05, 0) is 43.5 Å². The van der Waals surface area contributed by atoms with Crippen LogP contribution in [0.25, 0.3) is 11.3 Å². The Bertz CT molecular complexity index is 857. The molecule has 0 spiro atoms. The van der Waals surface area contributed by atoms with Crippen molar-refractivity contribution < 1.29 is 18.9 Å². The van der Waals surface area contributed by atoms with Crippen molar-refractivity contribution in [1.82, 2.24) is 4.57 Å². The minimum atomic E-state index is -0.00780. The van der Waals surface area contributed by atoms with E-state index in [4.69, 9.17) is 18.9 Å².